The summed E-state index contributed by atoms with van der Waals surface area (Å²) >= 11 is 0. The molecule has 6 rings (SSSR count). The van der Waals surface area contributed by atoms with Crippen LogP contribution in [0.5, 0.6) is 0 Å². The average Bonchev–Trinajstić information content (AvgIpc) is 3.63. The molecule has 0 spiro atoms. The lowest BCUT2D eigenvalue weighted by molar-refractivity contribution is 0.102. The molecule has 3 heterocycles. The van der Waals surface area contributed by atoms with Crippen molar-refractivity contribution in [2.24, 2.45) is 0 Å². The number of fused-ring (bicyclic) bond motifs is 4. The molecule has 0 radical (unpaired) electrons. The van der Waals surface area contributed by atoms with Gasteiger partial charge in [0.15, 0.2) is 5.82 Å². The summed E-state index contributed by atoms with van der Waals surface area (Å²) in [5, 5.41) is 5.48. The van der Waals surface area contributed by atoms with Crippen LogP contribution in [0.1, 0.15) is 27.5 Å². The van der Waals surface area contributed by atoms with Crippen LogP contribution in [0.15, 0.2) is 85.7 Å². The van der Waals surface area contributed by atoms with Crippen molar-refractivity contribution in [3.05, 3.63) is 103 Å². The Morgan fingerprint density at radius 2 is 1.70 bits per heavy atom. The Balaban J connectivity index is 0.996. The molecule has 37 heavy (non-hydrogen) atoms. The Morgan fingerprint density at radius 3 is 2.46 bits per heavy atom. The number of anilines is 1. The quantitative estimate of drug-likeness (QED) is 0.357. The standard InChI is InChI=1S/C27H23N7O3/c35-25(31-24-15-34-12-5-10-28-26(34)32-24)23-14-33(17-30-23)13-11-29-27(36)37-16-22-20-8-3-1-6-18(20)19-7-2-4-9-21(19)22/h1-10,12,14-15,17,22H,11,13,16H2,(H,29,36)(H,31,35). The Morgan fingerprint density at radius 1 is 0.946 bits per heavy atom. The first kappa shape index (κ1) is 22.5. The van der Waals surface area contributed by atoms with E-state index in [0.717, 1.165) is 0 Å². The molecule has 2 N–H and O–H groups in total. The molecular formula is C27H23N7O3. The maximum absolute atomic E-state index is 12.5. The Bertz CT molecular complexity index is 1530. The van der Waals surface area contributed by atoms with Crippen molar-refractivity contribution in [1.82, 2.24) is 29.2 Å². The summed E-state index contributed by atoms with van der Waals surface area (Å²) in [5.41, 5.74) is 4.95. The predicted octanol–water partition coefficient (Wildman–Crippen LogP) is 3.72. The van der Waals surface area contributed by atoms with E-state index in [4.69, 9.17) is 4.74 Å². The number of amides is 2. The van der Waals surface area contributed by atoms with Gasteiger partial charge in [-0.05, 0) is 28.3 Å². The van der Waals surface area contributed by atoms with Gasteiger partial charge in [-0.15, -0.1) is 0 Å². The molecule has 184 valence electrons. The summed E-state index contributed by atoms with van der Waals surface area (Å²) < 4.78 is 9.00. The molecule has 10 heteroatoms. The smallest absolute Gasteiger partial charge is 0.407 e. The first-order valence-electron chi connectivity index (χ1n) is 11.9. The van der Waals surface area contributed by atoms with Crippen molar-refractivity contribution in [1.29, 1.82) is 0 Å². The average molecular weight is 494 g/mol. The van der Waals surface area contributed by atoms with E-state index in [0.29, 0.717) is 24.7 Å². The van der Waals surface area contributed by atoms with Gasteiger partial charge in [-0.2, -0.15) is 4.98 Å². The zero-order chi connectivity index (χ0) is 25.2. The van der Waals surface area contributed by atoms with E-state index in [1.807, 2.05) is 24.3 Å². The third-order valence-electron chi connectivity index (χ3n) is 6.33. The highest BCUT2D eigenvalue weighted by Gasteiger charge is 2.28. The molecule has 2 amide bonds. The number of carbonyl (C=O) groups is 2. The zero-order valence-electron chi connectivity index (χ0n) is 19.7. The molecule has 5 aromatic rings. The Hall–Kier alpha value is -4.99. The highest BCUT2D eigenvalue weighted by Crippen LogP contribution is 2.44. The largest absolute Gasteiger partial charge is 0.449 e. The summed E-state index contributed by atoms with van der Waals surface area (Å²) in [7, 11) is 0. The second kappa shape index (κ2) is 9.57. The molecule has 10 nitrogen and oxygen atoms in total. The number of aromatic nitrogens is 5. The van der Waals surface area contributed by atoms with Gasteiger partial charge in [-0.25, -0.2) is 14.8 Å². The number of alkyl carbamates (subject to hydrolysis) is 1. The van der Waals surface area contributed by atoms with Crippen LogP contribution in [0.25, 0.3) is 16.9 Å². The van der Waals surface area contributed by atoms with Gasteiger partial charge in [-0.3, -0.25) is 9.20 Å². The van der Waals surface area contributed by atoms with Crippen molar-refractivity contribution >= 4 is 23.6 Å². The fraction of sp³-hybridized carbons (Fsp3) is 0.148. The van der Waals surface area contributed by atoms with Crippen molar-refractivity contribution in [3.63, 3.8) is 0 Å². The van der Waals surface area contributed by atoms with Gasteiger partial charge in [-0.1, -0.05) is 48.5 Å². The van der Waals surface area contributed by atoms with Gasteiger partial charge in [0.1, 0.15) is 12.3 Å². The minimum absolute atomic E-state index is 0.0107. The second-order valence-electron chi connectivity index (χ2n) is 8.66. The fourth-order valence-electron chi connectivity index (χ4n) is 4.61. The third kappa shape index (κ3) is 4.52. The highest BCUT2D eigenvalue weighted by molar-refractivity contribution is 6.02. The van der Waals surface area contributed by atoms with Gasteiger partial charge in [0.2, 0.25) is 5.78 Å². The molecular weight excluding hydrogens is 470 g/mol. The van der Waals surface area contributed by atoms with Crippen LogP contribution in [-0.2, 0) is 11.3 Å². The number of imidazole rings is 2. The maximum atomic E-state index is 12.5. The molecule has 0 aliphatic heterocycles. The third-order valence-corrected chi connectivity index (χ3v) is 6.33. The number of nitrogens with zero attached hydrogens (tertiary/aromatic N) is 5. The highest BCUT2D eigenvalue weighted by atomic mass is 16.5. The number of ether oxygens (including phenoxy) is 1. The lowest BCUT2D eigenvalue weighted by Crippen LogP contribution is -2.29. The molecule has 2 aromatic carbocycles. The van der Waals surface area contributed by atoms with Gasteiger partial charge in [0.25, 0.3) is 5.91 Å². The summed E-state index contributed by atoms with van der Waals surface area (Å²) in [6.07, 6.45) is 7.77. The Labute approximate surface area is 212 Å². The van der Waals surface area contributed by atoms with Crippen molar-refractivity contribution in [2.45, 2.75) is 12.5 Å². The predicted molar refractivity (Wildman–Crippen MR) is 136 cm³/mol. The number of carbonyl (C=O) groups excluding carboxylic acids is 2. The van der Waals surface area contributed by atoms with Gasteiger partial charge in [0, 0.05) is 37.6 Å². The number of rotatable bonds is 7. The summed E-state index contributed by atoms with van der Waals surface area (Å²) in [6, 6.07) is 18.2. The first-order valence-corrected chi connectivity index (χ1v) is 11.9. The first-order chi connectivity index (χ1) is 18.2. The van der Waals surface area contributed by atoms with Crippen LogP contribution in [-0.4, -0.2) is 49.1 Å². The van der Waals surface area contributed by atoms with E-state index in [9.17, 15) is 9.59 Å². The van der Waals surface area contributed by atoms with E-state index < -0.39 is 6.09 Å². The molecule has 0 saturated carbocycles. The maximum Gasteiger partial charge on any atom is 0.407 e. The topological polar surface area (TPSA) is 115 Å². The monoisotopic (exact) mass is 493 g/mol. The van der Waals surface area contributed by atoms with Crippen molar-refractivity contribution in [2.75, 3.05) is 18.5 Å². The molecule has 0 bridgehead atoms. The lowest BCUT2D eigenvalue weighted by atomic mass is 9.98. The molecule has 0 atom stereocenters. The van der Waals surface area contributed by atoms with Crippen LogP contribution >= 0.6 is 0 Å². The zero-order valence-corrected chi connectivity index (χ0v) is 19.7. The number of hydrogen-bond donors (Lipinski definition) is 2. The van der Waals surface area contributed by atoms with Crippen LogP contribution in [0.2, 0.25) is 0 Å². The molecule has 1 aliphatic carbocycles. The minimum atomic E-state index is -0.486. The SMILES string of the molecule is O=C(NCCn1cnc(C(=O)Nc2cn3cccnc3n2)c1)OCC1c2ccccc2-c2ccccc21. The van der Waals surface area contributed by atoms with Gasteiger partial charge >= 0.3 is 6.09 Å². The van der Waals surface area contributed by atoms with Crippen molar-refractivity contribution in [3.8, 4) is 11.1 Å². The number of benzene rings is 2. The Kier molecular flexibility index (Phi) is 5.81. The molecule has 0 fully saturated rings. The summed E-state index contributed by atoms with van der Waals surface area (Å²) in [6.45, 7) is 1.02. The van der Waals surface area contributed by atoms with E-state index in [1.165, 1.54) is 22.3 Å². The second-order valence-corrected chi connectivity index (χ2v) is 8.66. The van der Waals surface area contributed by atoms with Gasteiger partial charge in [0.05, 0.1) is 12.5 Å². The number of hydrogen-bond acceptors (Lipinski definition) is 6. The number of nitrogens with one attached hydrogen (secondary N) is 2. The van der Waals surface area contributed by atoms with E-state index >= 15 is 0 Å². The fourth-order valence-corrected chi connectivity index (χ4v) is 4.61. The van der Waals surface area contributed by atoms with E-state index in [2.05, 4.69) is 49.9 Å². The van der Waals surface area contributed by atoms with Gasteiger partial charge < -0.3 is 19.9 Å². The van der Waals surface area contributed by atoms with Crippen LogP contribution in [0.4, 0.5) is 10.6 Å². The summed E-state index contributed by atoms with van der Waals surface area (Å²) in [5.74, 6) is 0.501. The molecule has 0 unspecified atom stereocenters. The lowest BCUT2D eigenvalue weighted by Gasteiger charge is -2.14. The van der Waals surface area contributed by atoms with Crippen LogP contribution in [0.3, 0.4) is 0 Å². The molecule has 1 aliphatic rings. The van der Waals surface area contributed by atoms with E-state index in [1.54, 1.807) is 46.1 Å². The molecule has 0 saturated heterocycles. The normalized spacial score (nSPS) is 12.2. The van der Waals surface area contributed by atoms with E-state index in [-0.39, 0.29) is 24.1 Å². The minimum Gasteiger partial charge on any atom is -0.449 e. The summed E-state index contributed by atoms with van der Waals surface area (Å²) in [4.78, 5) is 37.4. The van der Waals surface area contributed by atoms with Crippen molar-refractivity contribution < 1.29 is 14.3 Å². The van der Waals surface area contributed by atoms with Crippen LogP contribution in [0, 0.1) is 0 Å². The van der Waals surface area contributed by atoms with Crippen LogP contribution < -0.4 is 10.6 Å². The molecule has 3 aromatic heterocycles.